The maximum atomic E-state index is 12.5. The van der Waals surface area contributed by atoms with E-state index in [1.54, 1.807) is 6.07 Å². The van der Waals surface area contributed by atoms with Crippen molar-refractivity contribution in [3.8, 4) is 11.5 Å². The molecule has 0 aliphatic heterocycles. The van der Waals surface area contributed by atoms with Gasteiger partial charge in [-0.05, 0) is 43.0 Å². The highest BCUT2D eigenvalue weighted by molar-refractivity contribution is 5.95. The Bertz CT molecular complexity index is 766. The van der Waals surface area contributed by atoms with E-state index in [2.05, 4.69) is 37.5 Å². The van der Waals surface area contributed by atoms with Gasteiger partial charge in [0.25, 0.3) is 0 Å². The lowest BCUT2D eigenvalue weighted by atomic mass is 9.86. The van der Waals surface area contributed by atoms with Crippen LogP contribution in [0.2, 0.25) is 0 Å². The van der Waals surface area contributed by atoms with Gasteiger partial charge in [0.05, 0.1) is 25.4 Å². The molecule has 5 nitrogen and oxygen atoms in total. The molecule has 2 rings (SSSR count). The Morgan fingerprint density at radius 3 is 2.33 bits per heavy atom. The predicted molar refractivity (Wildman–Crippen MR) is 111 cm³/mol. The second-order valence-corrected chi connectivity index (χ2v) is 7.22. The van der Waals surface area contributed by atoms with E-state index < -0.39 is 0 Å². The van der Waals surface area contributed by atoms with Gasteiger partial charge in [-0.2, -0.15) is 0 Å². The van der Waals surface area contributed by atoms with Crippen molar-refractivity contribution in [2.24, 2.45) is 0 Å². The number of rotatable bonds is 8. The minimum Gasteiger partial charge on any atom is -0.494 e. The van der Waals surface area contributed by atoms with E-state index in [-0.39, 0.29) is 17.9 Å². The van der Waals surface area contributed by atoms with Gasteiger partial charge in [0.15, 0.2) is 0 Å². The van der Waals surface area contributed by atoms with Crippen molar-refractivity contribution in [2.45, 2.75) is 40.0 Å². The zero-order chi connectivity index (χ0) is 19.9. The van der Waals surface area contributed by atoms with Crippen LogP contribution in [-0.2, 0) is 10.2 Å². The number of nitrogens with one attached hydrogen (secondary N) is 2. The molecule has 0 spiro atoms. The maximum Gasteiger partial charge on any atom is 0.243 e. The van der Waals surface area contributed by atoms with Gasteiger partial charge in [-0.3, -0.25) is 4.79 Å². The molecule has 0 atom stereocenters. The number of benzene rings is 2. The molecule has 146 valence electrons. The summed E-state index contributed by atoms with van der Waals surface area (Å²) in [7, 11) is 0. The van der Waals surface area contributed by atoms with Gasteiger partial charge in [0, 0.05) is 11.8 Å². The zero-order valence-electron chi connectivity index (χ0n) is 16.9. The number of para-hydroxylation sites is 1. The fourth-order valence-electron chi connectivity index (χ4n) is 2.81. The fraction of sp³-hybridized carbons (Fsp3) is 0.409. The molecular weight excluding hydrogens is 340 g/mol. The first-order valence-electron chi connectivity index (χ1n) is 9.38. The summed E-state index contributed by atoms with van der Waals surface area (Å²) in [5.74, 6) is 1.18. The first kappa shape index (κ1) is 20.6. The molecule has 0 radical (unpaired) electrons. The van der Waals surface area contributed by atoms with Crippen LogP contribution in [0, 0.1) is 0 Å². The second kappa shape index (κ2) is 9.31. The van der Waals surface area contributed by atoms with Crippen molar-refractivity contribution in [3.05, 3.63) is 48.0 Å². The van der Waals surface area contributed by atoms with Crippen LogP contribution in [0.15, 0.2) is 42.5 Å². The van der Waals surface area contributed by atoms with Crippen molar-refractivity contribution in [1.82, 2.24) is 0 Å². The van der Waals surface area contributed by atoms with Crippen LogP contribution in [0.5, 0.6) is 11.5 Å². The number of carbonyl (C=O) groups is 1. The summed E-state index contributed by atoms with van der Waals surface area (Å²) in [4.78, 5) is 12.5. The number of ether oxygens (including phenoxy) is 2. The molecule has 2 N–H and O–H groups in total. The molecule has 1 amide bonds. The highest BCUT2D eigenvalue weighted by Crippen LogP contribution is 2.30. The number of anilines is 2. The lowest BCUT2D eigenvalue weighted by Crippen LogP contribution is -2.24. The summed E-state index contributed by atoms with van der Waals surface area (Å²) in [5, 5.41) is 6.16. The van der Waals surface area contributed by atoms with Gasteiger partial charge in [0.2, 0.25) is 5.91 Å². The van der Waals surface area contributed by atoms with E-state index >= 15 is 0 Å². The molecule has 2 aromatic rings. The number of carbonyl (C=O) groups excluding carboxylic acids is 1. The number of hydrogen-bond donors (Lipinski definition) is 2. The van der Waals surface area contributed by atoms with Crippen LogP contribution in [-0.4, -0.2) is 25.7 Å². The van der Waals surface area contributed by atoms with Gasteiger partial charge in [-0.25, -0.2) is 0 Å². The number of hydrogen-bond acceptors (Lipinski definition) is 4. The molecule has 0 fully saturated rings. The average Bonchev–Trinajstić information content (AvgIpc) is 2.62. The molecular formula is C22H30N2O3. The summed E-state index contributed by atoms with van der Waals surface area (Å²) in [6.07, 6.45) is 0. The van der Waals surface area contributed by atoms with Crippen LogP contribution in [0.25, 0.3) is 0 Å². The summed E-state index contributed by atoms with van der Waals surface area (Å²) < 4.78 is 11.1. The molecule has 27 heavy (non-hydrogen) atoms. The molecule has 0 saturated carbocycles. The van der Waals surface area contributed by atoms with Crippen molar-refractivity contribution in [2.75, 3.05) is 30.4 Å². The van der Waals surface area contributed by atoms with Crippen molar-refractivity contribution < 1.29 is 14.3 Å². The maximum absolute atomic E-state index is 12.5. The Labute approximate surface area is 162 Å². The van der Waals surface area contributed by atoms with Crippen molar-refractivity contribution in [1.29, 1.82) is 0 Å². The summed E-state index contributed by atoms with van der Waals surface area (Å²) in [6.45, 7) is 11.5. The molecule has 0 heterocycles. The zero-order valence-corrected chi connectivity index (χ0v) is 16.9. The molecule has 0 bridgehead atoms. The molecule has 0 unspecified atom stereocenters. The normalized spacial score (nSPS) is 11.0. The van der Waals surface area contributed by atoms with E-state index in [0.29, 0.717) is 30.4 Å². The Kier molecular flexibility index (Phi) is 7.11. The SMILES string of the molecule is CCOc1ccc(OCC)c(NC(=O)CNc2ccccc2C(C)(C)C)c1. The van der Waals surface area contributed by atoms with E-state index in [1.165, 1.54) is 5.56 Å². The minimum absolute atomic E-state index is 0.00592. The van der Waals surface area contributed by atoms with E-state index in [0.717, 1.165) is 5.69 Å². The Balaban J connectivity index is 2.09. The first-order valence-corrected chi connectivity index (χ1v) is 9.38. The van der Waals surface area contributed by atoms with Crippen molar-refractivity contribution in [3.63, 3.8) is 0 Å². The molecule has 2 aromatic carbocycles. The largest absolute Gasteiger partial charge is 0.494 e. The quantitative estimate of drug-likeness (QED) is 0.698. The molecule has 0 aliphatic carbocycles. The highest BCUT2D eigenvalue weighted by atomic mass is 16.5. The number of amides is 1. The van der Waals surface area contributed by atoms with Crippen molar-refractivity contribution >= 4 is 17.3 Å². The molecule has 0 aliphatic rings. The summed E-state index contributed by atoms with van der Waals surface area (Å²) in [6, 6.07) is 13.5. The topological polar surface area (TPSA) is 59.6 Å². The van der Waals surface area contributed by atoms with E-state index in [1.807, 2.05) is 44.2 Å². The third-order valence-corrected chi connectivity index (χ3v) is 4.01. The Morgan fingerprint density at radius 1 is 0.963 bits per heavy atom. The average molecular weight is 370 g/mol. The Morgan fingerprint density at radius 2 is 1.67 bits per heavy atom. The van der Waals surface area contributed by atoms with Gasteiger partial charge < -0.3 is 20.1 Å². The monoisotopic (exact) mass is 370 g/mol. The molecule has 5 heteroatoms. The van der Waals surface area contributed by atoms with Gasteiger partial charge in [-0.1, -0.05) is 39.0 Å². The Hall–Kier alpha value is -2.69. The van der Waals surface area contributed by atoms with E-state index in [4.69, 9.17) is 9.47 Å². The van der Waals surface area contributed by atoms with E-state index in [9.17, 15) is 4.79 Å². The smallest absolute Gasteiger partial charge is 0.243 e. The van der Waals surface area contributed by atoms with Crippen LogP contribution in [0.1, 0.15) is 40.2 Å². The molecule has 0 aromatic heterocycles. The minimum atomic E-state index is -0.145. The standard InChI is InChI=1S/C22H30N2O3/c1-6-26-16-12-13-20(27-7-2)19(14-16)24-21(25)15-23-18-11-9-8-10-17(18)22(3,4)5/h8-14,23H,6-7,15H2,1-5H3,(H,24,25). The van der Waals surface area contributed by atoms with Crippen LogP contribution in [0.3, 0.4) is 0 Å². The second-order valence-electron chi connectivity index (χ2n) is 7.22. The van der Waals surface area contributed by atoms with Gasteiger partial charge >= 0.3 is 0 Å². The van der Waals surface area contributed by atoms with Gasteiger partial charge in [0.1, 0.15) is 11.5 Å². The fourth-order valence-corrected chi connectivity index (χ4v) is 2.81. The predicted octanol–water partition coefficient (Wildman–Crippen LogP) is 4.83. The van der Waals surface area contributed by atoms with Crippen LogP contribution < -0.4 is 20.1 Å². The third-order valence-electron chi connectivity index (χ3n) is 4.01. The lowest BCUT2D eigenvalue weighted by Gasteiger charge is -2.23. The lowest BCUT2D eigenvalue weighted by molar-refractivity contribution is -0.114. The van der Waals surface area contributed by atoms with Crippen LogP contribution in [0.4, 0.5) is 11.4 Å². The first-order chi connectivity index (χ1) is 12.8. The summed E-state index contributed by atoms with van der Waals surface area (Å²) in [5.41, 5.74) is 2.74. The third kappa shape index (κ3) is 5.91. The summed E-state index contributed by atoms with van der Waals surface area (Å²) >= 11 is 0. The molecule has 0 saturated heterocycles. The highest BCUT2D eigenvalue weighted by Gasteiger charge is 2.18. The van der Waals surface area contributed by atoms with Crippen LogP contribution >= 0.6 is 0 Å². The van der Waals surface area contributed by atoms with Gasteiger partial charge in [-0.15, -0.1) is 0 Å².